The number of nitrogens with one attached hydrogen (secondary N) is 1. The molecule has 0 aromatic heterocycles. The van der Waals surface area contributed by atoms with Gasteiger partial charge in [-0.05, 0) is 39.0 Å². The van der Waals surface area contributed by atoms with Crippen LogP contribution in [0, 0.1) is 11.8 Å². The van der Waals surface area contributed by atoms with Crippen molar-refractivity contribution >= 4 is 18.2 Å². The van der Waals surface area contributed by atoms with Gasteiger partial charge in [0.25, 0.3) is 0 Å². The highest BCUT2D eigenvalue weighted by Crippen LogP contribution is 2.32. The van der Waals surface area contributed by atoms with Crippen molar-refractivity contribution in [1.82, 2.24) is 5.32 Å². The zero-order valence-corrected chi connectivity index (χ0v) is 13.3. The third-order valence-electron chi connectivity index (χ3n) is 3.76. The van der Waals surface area contributed by atoms with Crippen molar-refractivity contribution in [2.24, 2.45) is 11.8 Å². The average molecular weight is 299 g/mol. The molecule has 120 valence electrons. The van der Waals surface area contributed by atoms with Crippen molar-refractivity contribution in [3.8, 4) is 0 Å². The van der Waals surface area contributed by atoms with Gasteiger partial charge in [0.05, 0.1) is 13.2 Å². The van der Waals surface area contributed by atoms with E-state index >= 15 is 0 Å². The minimum atomic E-state index is -0.589. The van der Waals surface area contributed by atoms with Crippen molar-refractivity contribution < 1.29 is 23.9 Å². The van der Waals surface area contributed by atoms with Crippen LogP contribution in [0.15, 0.2) is 0 Å². The Hall–Kier alpha value is -1.43. The van der Waals surface area contributed by atoms with Gasteiger partial charge in [0, 0.05) is 6.42 Å². The molecule has 1 fully saturated rings. The van der Waals surface area contributed by atoms with E-state index in [-0.39, 0.29) is 30.2 Å². The molecule has 0 bridgehead atoms. The Balaban J connectivity index is 2.80. The summed E-state index contributed by atoms with van der Waals surface area (Å²) in [6, 6.07) is -0.968. The van der Waals surface area contributed by atoms with Crippen molar-refractivity contribution in [3.63, 3.8) is 0 Å². The van der Waals surface area contributed by atoms with Crippen molar-refractivity contribution in [3.05, 3.63) is 0 Å². The van der Waals surface area contributed by atoms with Gasteiger partial charge >= 0.3 is 11.9 Å². The van der Waals surface area contributed by atoms with E-state index in [1.165, 1.54) is 7.11 Å². The predicted molar refractivity (Wildman–Crippen MR) is 76.5 cm³/mol. The minimum absolute atomic E-state index is 0.0373. The lowest BCUT2D eigenvalue weighted by Crippen LogP contribution is -2.43. The lowest BCUT2D eigenvalue weighted by molar-refractivity contribution is -0.158. The fraction of sp³-hybridized carbons (Fsp3) is 0.800. The minimum Gasteiger partial charge on any atom is -0.469 e. The molecular formula is C15H25NO5. The summed E-state index contributed by atoms with van der Waals surface area (Å²) >= 11 is 0. The molecule has 0 amide bonds. The lowest BCUT2D eigenvalue weighted by Gasteiger charge is -2.25. The summed E-state index contributed by atoms with van der Waals surface area (Å²) in [5, 5.41) is 3.01. The van der Waals surface area contributed by atoms with E-state index in [2.05, 4.69) is 10.1 Å². The van der Waals surface area contributed by atoms with Crippen molar-refractivity contribution in [2.75, 3.05) is 7.11 Å². The molecule has 0 radical (unpaired) electrons. The Morgan fingerprint density at radius 2 is 1.90 bits per heavy atom. The first-order valence-corrected chi connectivity index (χ1v) is 7.20. The van der Waals surface area contributed by atoms with E-state index in [0.29, 0.717) is 6.42 Å². The first-order chi connectivity index (χ1) is 9.69. The van der Waals surface area contributed by atoms with Gasteiger partial charge in [-0.2, -0.15) is 0 Å². The van der Waals surface area contributed by atoms with Crippen molar-refractivity contribution in [1.29, 1.82) is 0 Å². The van der Waals surface area contributed by atoms with Crippen LogP contribution in [0.1, 0.15) is 40.5 Å². The van der Waals surface area contributed by atoms with E-state index in [1.807, 2.05) is 6.92 Å². The van der Waals surface area contributed by atoms with Crippen molar-refractivity contribution in [2.45, 2.75) is 58.2 Å². The molecule has 1 rings (SSSR count). The molecule has 0 saturated carbocycles. The summed E-state index contributed by atoms with van der Waals surface area (Å²) in [5.41, 5.74) is -0.589. The van der Waals surface area contributed by atoms with Crippen LogP contribution in [-0.4, -0.2) is 43.0 Å². The lowest BCUT2D eigenvalue weighted by atomic mass is 9.85. The van der Waals surface area contributed by atoms with Crippen LogP contribution < -0.4 is 5.32 Å². The quantitative estimate of drug-likeness (QED) is 0.604. The maximum absolute atomic E-state index is 12.3. The van der Waals surface area contributed by atoms with Gasteiger partial charge in [0.2, 0.25) is 0 Å². The van der Waals surface area contributed by atoms with Crippen LogP contribution in [0.3, 0.4) is 0 Å². The first kappa shape index (κ1) is 17.6. The number of aldehydes is 1. The van der Waals surface area contributed by atoms with Crippen LogP contribution in [0.2, 0.25) is 0 Å². The molecule has 21 heavy (non-hydrogen) atoms. The highest BCUT2D eigenvalue weighted by molar-refractivity contribution is 5.79. The third kappa shape index (κ3) is 4.81. The Labute approximate surface area is 125 Å². The fourth-order valence-electron chi connectivity index (χ4n) is 2.64. The summed E-state index contributed by atoms with van der Waals surface area (Å²) in [7, 11) is 1.33. The van der Waals surface area contributed by atoms with E-state index in [0.717, 1.165) is 6.29 Å². The number of carbonyl (C=O) groups is 3. The van der Waals surface area contributed by atoms with Crippen LogP contribution >= 0.6 is 0 Å². The Kier molecular flexibility index (Phi) is 5.89. The van der Waals surface area contributed by atoms with Crippen LogP contribution in [0.4, 0.5) is 0 Å². The Morgan fingerprint density at radius 1 is 1.29 bits per heavy atom. The number of hydrogen-bond donors (Lipinski definition) is 1. The topological polar surface area (TPSA) is 81.7 Å². The van der Waals surface area contributed by atoms with Crippen LogP contribution in [0.5, 0.6) is 0 Å². The number of methoxy groups -OCH3 is 1. The van der Waals surface area contributed by atoms with Gasteiger partial charge in [-0.1, -0.05) is 6.92 Å². The second kappa shape index (κ2) is 7.02. The molecule has 6 nitrogen and oxygen atoms in total. The highest BCUT2D eigenvalue weighted by atomic mass is 16.6. The van der Waals surface area contributed by atoms with Gasteiger partial charge in [0.1, 0.15) is 17.9 Å². The number of esters is 2. The van der Waals surface area contributed by atoms with E-state index < -0.39 is 17.7 Å². The molecule has 4 atom stereocenters. The zero-order chi connectivity index (χ0) is 16.2. The largest absolute Gasteiger partial charge is 0.469 e. The maximum Gasteiger partial charge on any atom is 0.323 e. The molecule has 0 aliphatic carbocycles. The highest BCUT2D eigenvalue weighted by Gasteiger charge is 2.45. The van der Waals surface area contributed by atoms with Gasteiger partial charge in [-0.25, -0.2) is 0 Å². The summed E-state index contributed by atoms with van der Waals surface area (Å²) in [5.74, 6) is -0.868. The number of hydrogen-bond acceptors (Lipinski definition) is 6. The van der Waals surface area contributed by atoms with Gasteiger partial charge < -0.3 is 14.3 Å². The standard InChI is InChI=1S/C15H25NO5/c1-9-10(6-7-12(18)20-5)13(16-11(9)8-17)14(19)21-15(2,3)4/h8-11,13,16H,6-7H2,1-5H3. The summed E-state index contributed by atoms with van der Waals surface area (Å²) in [4.78, 5) is 34.7. The molecule has 6 heteroatoms. The molecule has 1 aliphatic heterocycles. The maximum atomic E-state index is 12.3. The third-order valence-corrected chi connectivity index (χ3v) is 3.76. The molecule has 0 aromatic carbocycles. The monoisotopic (exact) mass is 299 g/mol. The molecule has 4 unspecified atom stereocenters. The molecule has 1 aliphatic rings. The van der Waals surface area contributed by atoms with Crippen LogP contribution in [0.25, 0.3) is 0 Å². The van der Waals surface area contributed by atoms with Crippen LogP contribution in [-0.2, 0) is 23.9 Å². The second-order valence-electron chi connectivity index (χ2n) is 6.48. The zero-order valence-electron chi connectivity index (χ0n) is 13.3. The average Bonchev–Trinajstić information content (AvgIpc) is 2.70. The molecule has 0 spiro atoms. The molecule has 1 N–H and O–H groups in total. The second-order valence-corrected chi connectivity index (χ2v) is 6.48. The van der Waals surface area contributed by atoms with Gasteiger partial charge in [-0.15, -0.1) is 0 Å². The fourth-order valence-corrected chi connectivity index (χ4v) is 2.64. The summed E-state index contributed by atoms with van der Waals surface area (Å²) < 4.78 is 10.0. The number of rotatable bonds is 5. The Bertz CT molecular complexity index is 401. The normalized spacial score (nSPS) is 29.0. The number of ether oxygens (including phenoxy) is 2. The first-order valence-electron chi connectivity index (χ1n) is 7.20. The molecule has 0 aromatic rings. The molecule has 1 saturated heterocycles. The van der Waals surface area contributed by atoms with Gasteiger partial charge in [0.15, 0.2) is 0 Å². The molecule has 1 heterocycles. The SMILES string of the molecule is COC(=O)CCC1C(C(=O)OC(C)(C)C)NC(C=O)C1C. The smallest absolute Gasteiger partial charge is 0.323 e. The van der Waals surface area contributed by atoms with E-state index in [1.54, 1.807) is 20.8 Å². The molecular weight excluding hydrogens is 274 g/mol. The van der Waals surface area contributed by atoms with E-state index in [4.69, 9.17) is 4.74 Å². The van der Waals surface area contributed by atoms with Gasteiger partial charge in [-0.3, -0.25) is 14.9 Å². The van der Waals surface area contributed by atoms with E-state index in [9.17, 15) is 14.4 Å². The summed E-state index contributed by atoms with van der Waals surface area (Å²) in [6.45, 7) is 7.29. The summed E-state index contributed by atoms with van der Waals surface area (Å²) in [6.07, 6.45) is 1.51. The predicted octanol–water partition coefficient (Wildman–Crippen LogP) is 1.07. The Morgan fingerprint density at radius 3 is 2.38 bits per heavy atom. The number of carbonyl (C=O) groups excluding carboxylic acids is 3.